The van der Waals surface area contributed by atoms with Crippen LogP contribution in [-0.2, 0) is 6.54 Å². The van der Waals surface area contributed by atoms with E-state index in [0.717, 1.165) is 17.7 Å². The van der Waals surface area contributed by atoms with E-state index in [1.165, 1.54) is 11.4 Å². The maximum absolute atomic E-state index is 9.39. The SMILES string of the molecule is CCn1c(C)cc(/C=C(/C#N)c2cccc(Cl)c2)c1C. The third-order valence-electron chi connectivity index (χ3n) is 3.48. The summed E-state index contributed by atoms with van der Waals surface area (Å²) in [6, 6.07) is 11.8. The molecular formula is C17H17ClN2. The molecule has 1 heterocycles. The number of aromatic nitrogens is 1. The molecule has 0 fully saturated rings. The molecule has 0 aliphatic carbocycles. The van der Waals surface area contributed by atoms with Crippen LogP contribution in [0, 0.1) is 25.2 Å². The monoisotopic (exact) mass is 284 g/mol. The first-order valence-electron chi connectivity index (χ1n) is 6.61. The molecular weight excluding hydrogens is 268 g/mol. The fourth-order valence-corrected chi connectivity index (χ4v) is 2.64. The van der Waals surface area contributed by atoms with E-state index >= 15 is 0 Å². The number of hydrogen-bond donors (Lipinski definition) is 0. The van der Waals surface area contributed by atoms with Crippen LogP contribution in [-0.4, -0.2) is 4.57 Å². The number of hydrogen-bond acceptors (Lipinski definition) is 1. The smallest absolute Gasteiger partial charge is 0.0998 e. The molecule has 0 spiro atoms. The molecule has 0 saturated carbocycles. The molecule has 1 aromatic heterocycles. The van der Waals surface area contributed by atoms with E-state index in [9.17, 15) is 5.26 Å². The molecule has 2 nitrogen and oxygen atoms in total. The van der Waals surface area contributed by atoms with Gasteiger partial charge < -0.3 is 4.57 Å². The molecule has 0 atom stereocenters. The molecule has 0 amide bonds. The van der Waals surface area contributed by atoms with Gasteiger partial charge in [-0.05, 0) is 56.2 Å². The highest BCUT2D eigenvalue weighted by molar-refractivity contribution is 6.30. The molecule has 0 radical (unpaired) electrons. The molecule has 1 aromatic carbocycles. The summed E-state index contributed by atoms with van der Waals surface area (Å²) < 4.78 is 2.23. The van der Waals surface area contributed by atoms with Gasteiger partial charge in [0, 0.05) is 23.0 Å². The summed E-state index contributed by atoms with van der Waals surface area (Å²) in [5, 5.41) is 10.0. The summed E-state index contributed by atoms with van der Waals surface area (Å²) in [7, 11) is 0. The second kappa shape index (κ2) is 5.98. The maximum Gasteiger partial charge on any atom is 0.0998 e. The van der Waals surface area contributed by atoms with Gasteiger partial charge in [-0.1, -0.05) is 23.7 Å². The van der Waals surface area contributed by atoms with E-state index in [1.54, 1.807) is 0 Å². The van der Waals surface area contributed by atoms with Crippen molar-refractivity contribution in [2.45, 2.75) is 27.3 Å². The van der Waals surface area contributed by atoms with Crippen LogP contribution >= 0.6 is 11.6 Å². The highest BCUT2D eigenvalue weighted by Crippen LogP contribution is 2.24. The number of nitrogens with zero attached hydrogens (tertiary/aromatic N) is 2. The highest BCUT2D eigenvalue weighted by atomic mass is 35.5. The van der Waals surface area contributed by atoms with Crippen molar-refractivity contribution in [3.63, 3.8) is 0 Å². The Bertz CT molecular complexity index is 702. The summed E-state index contributed by atoms with van der Waals surface area (Å²) in [5.74, 6) is 0. The lowest BCUT2D eigenvalue weighted by Crippen LogP contribution is -1.98. The zero-order valence-corrected chi connectivity index (χ0v) is 12.7. The molecule has 0 unspecified atom stereocenters. The van der Waals surface area contributed by atoms with Crippen LogP contribution in [0.4, 0.5) is 0 Å². The molecule has 102 valence electrons. The molecule has 2 rings (SSSR count). The first-order valence-corrected chi connectivity index (χ1v) is 6.99. The topological polar surface area (TPSA) is 28.7 Å². The summed E-state index contributed by atoms with van der Waals surface area (Å²) in [6.07, 6.45) is 1.93. The van der Waals surface area contributed by atoms with Crippen molar-refractivity contribution in [2.24, 2.45) is 0 Å². The van der Waals surface area contributed by atoms with Gasteiger partial charge in [0.15, 0.2) is 0 Å². The Morgan fingerprint density at radius 2 is 2.10 bits per heavy atom. The van der Waals surface area contributed by atoms with E-state index in [1.807, 2.05) is 30.3 Å². The average Bonchev–Trinajstić information content (AvgIpc) is 2.70. The third kappa shape index (κ3) is 2.79. The van der Waals surface area contributed by atoms with Gasteiger partial charge in [0.2, 0.25) is 0 Å². The molecule has 0 saturated heterocycles. The Hall–Kier alpha value is -1.98. The summed E-state index contributed by atoms with van der Waals surface area (Å²) in [6.45, 7) is 7.22. The summed E-state index contributed by atoms with van der Waals surface area (Å²) >= 11 is 5.99. The van der Waals surface area contributed by atoms with Crippen LogP contribution in [0.25, 0.3) is 11.6 Å². The van der Waals surface area contributed by atoms with Crippen LogP contribution in [0.5, 0.6) is 0 Å². The minimum Gasteiger partial charge on any atom is -0.349 e. The van der Waals surface area contributed by atoms with Crippen LogP contribution in [0.2, 0.25) is 5.02 Å². The standard InChI is InChI=1S/C17H17ClN2/c1-4-20-12(2)8-15(13(20)3)9-16(11-19)14-6-5-7-17(18)10-14/h5-10H,4H2,1-3H3/b16-9-. The first kappa shape index (κ1) is 14.4. The lowest BCUT2D eigenvalue weighted by atomic mass is 10.0. The molecule has 0 aliphatic heterocycles. The first-order chi connectivity index (χ1) is 9.56. The summed E-state index contributed by atoms with van der Waals surface area (Å²) in [4.78, 5) is 0. The van der Waals surface area contributed by atoms with Crippen molar-refractivity contribution in [3.8, 4) is 6.07 Å². The molecule has 2 aromatic rings. The van der Waals surface area contributed by atoms with Crippen molar-refractivity contribution in [1.29, 1.82) is 5.26 Å². The van der Waals surface area contributed by atoms with Gasteiger partial charge in [-0.2, -0.15) is 5.26 Å². The second-order valence-corrected chi connectivity index (χ2v) is 5.19. The Balaban J connectivity index is 2.50. The zero-order valence-electron chi connectivity index (χ0n) is 11.9. The van der Waals surface area contributed by atoms with E-state index in [2.05, 4.69) is 37.5 Å². The lowest BCUT2D eigenvalue weighted by molar-refractivity contribution is 0.718. The Morgan fingerprint density at radius 1 is 1.35 bits per heavy atom. The van der Waals surface area contributed by atoms with Gasteiger partial charge in [0.05, 0.1) is 11.6 Å². The van der Waals surface area contributed by atoms with Crippen molar-refractivity contribution >= 4 is 23.3 Å². The van der Waals surface area contributed by atoms with Crippen molar-refractivity contribution < 1.29 is 0 Å². The number of halogens is 1. The quantitative estimate of drug-likeness (QED) is 0.741. The fraction of sp³-hybridized carbons (Fsp3) is 0.235. The third-order valence-corrected chi connectivity index (χ3v) is 3.72. The number of allylic oxidation sites excluding steroid dienone is 1. The average molecular weight is 285 g/mol. The Kier molecular flexibility index (Phi) is 4.32. The minimum atomic E-state index is 0.629. The normalized spacial score (nSPS) is 11.4. The zero-order chi connectivity index (χ0) is 14.7. The van der Waals surface area contributed by atoms with Crippen LogP contribution < -0.4 is 0 Å². The Morgan fingerprint density at radius 3 is 2.65 bits per heavy atom. The number of nitriles is 1. The molecule has 20 heavy (non-hydrogen) atoms. The van der Waals surface area contributed by atoms with Crippen molar-refractivity contribution in [1.82, 2.24) is 4.57 Å². The summed E-state index contributed by atoms with van der Waals surface area (Å²) in [5.41, 5.74) is 4.95. The van der Waals surface area contributed by atoms with E-state index in [0.29, 0.717) is 10.6 Å². The lowest BCUT2D eigenvalue weighted by Gasteiger charge is -2.05. The number of benzene rings is 1. The predicted octanol–water partition coefficient (Wildman–Crippen LogP) is 4.84. The van der Waals surface area contributed by atoms with E-state index in [4.69, 9.17) is 11.6 Å². The molecule has 0 aliphatic rings. The maximum atomic E-state index is 9.39. The number of rotatable bonds is 3. The van der Waals surface area contributed by atoms with Gasteiger partial charge in [0.25, 0.3) is 0 Å². The molecule has 0 N–H and O–H groups in total. The van der Waals surface area contributed by atoms with Gasteiger partial charge in [0.1, 0.15) is 0 Å². The molecule has 3 heteroatoms. The highest BCUT2D eigenvalue weighted by Gasteiger charge is 2.08. The van der Waals surface area contributed by atoms with Crippen LogP contribution in [0.3, 0.4) is 0 Å². The van der Waals surface area contributed by atoms with E-state index in [-0.39, 0.29) is 0 Å². The van der Waals surface area contributed by atoms with Gasteiger partial charge in [-0.3, -0.25) is 0 Å². The van der Waals surface area contributed by atoms with Crippen LogP contribution in [0.15, 0.2) is 30.3 Å². The fourth-order valence-electron chi connectivity index (χ4n) is 2.45. The van der Waals surface area contributed by atoms with Gasteiger partial charge in [-0.25, -0.2) is 0 Å². The number of aryl methyl sites for hydroxylation is 1. The van der Waals surface area contributed by atoms with Gasteiger partial charge >= 0.3 is 0 Å². The predicted molar refractivity (Wildman–Crippen MR) is 84.5 cm³/mol. The molecule has 0 bridgehead atoms. The van der Waals surface area contributed by atoms with Gasteiger partial charge in [-0.15, -0.1) is 0 Å². The second-order valence-electron chi connectivity index (χ2n) is 4.75. The van der Waals surface area contributed by atoms with Crippen molar-refractivity contribution in [3.05, 3.63) is 57.9 Å². The Labute approximate surface area is 124 Å². The largest absolute Gasteiger partial charge is 0.349 e. The van der Waals surface area contributed by atoms with Crippen molar-refractivity contribution in [2.75, 3.05) is 0 Å². The van der Waals surface area contributed by atoms with E-state index < -0.39 is 0 Å². The van der Waals surface area contributed by atoms with Crippen LogP contribution in [0.1, 0.15) is 29.4 Å². The minimum absolute atomic E-state index is 0.629.